The van der Waals surface area contributed by atoms with E-state index in [1.165, 1.54) is 78.2 Å². The highest BCUT2D eigenvalue weighted by atomic mass is 16.3. The second-order valence-electron chi connectivity index (χ2n) is 18.5. The number of carbonyl (C=O) groups excluding carboxylic acids is 2. The largest absolute Gasteiger partial charge is 0.390 e. The van der Waals surface area contributed by atoms with E-state index < -0.39 is 0 Å². The molecule has 2 spiro atoms. The Kier molecular flexibility index (Phi) is 28.2. The van der Waals surface area contributed by atoms with Crippen LogP contribution >= 0.6 is 0 Å². The van der Waals surface area contributed by atoms with Crippen LogP contribution in [-0.2, 0) is 9.59 Å². The van der Waals surface area contributed by atoms with Crippen LogP contribution in [-0.4, -0.2) is 191 Å². The third kappa shape index (κ3) is 18.3. The van der Waals surface area contributed by atoms with Crippen molar-refractivity contribution in [1.82, 2.24) is 51.5 Å². The van der Waals surface area contributed by atoms with Gasteiger partial charge in [0.25, 0.3) is 0 Å². The molecule has 7 N–H and O–H groups in total. The molecule has 8 fully saturated rings. The van der Waals surface area contributed by atoms with Crippen LogP contribution in [0.5, 0.6) is 0 Å². The van der Waals surface area contributed by atoms with E-state index in [0.717, 1.165) is 148 Å². The number of aliphatic hydroxyl groups is 1. The van der Waals surface area contributed by atoms with Crippen molar-refractivity contribution >= 4 is 11.7 Å². The summed E-state index contributed by atoms with van der Waals surface area (Å²) in [6, 6.07) is 0.740. The van der Waals surface area contributed by atoms with E-state index in [4.69, 9.17) is 0 Å². The van der Waals surface area contributed by atoms with Gasteiger partial charge < -0.3 is 46.8 Å². The first-order valence-electron chi connectivity index (χ1n) is 25.1. The van der Waals surface area contributed by atoms with Crippen LogP contribution in [0.4, 0.5) is 0 Å². The zero-order chi connectivity index (χ0) is 43.7. The monoisotopic (exact) mass is 865 g/mol. The first-order chi connectivity index (χ1) is 29.1. The maximum absolute atomic E-state index is 12.0. The minimum absolute atomic E-state index is 0. The maximum Gasteiger partial charge on any atom is 0.228 e. The fourth-order valence-corrected chi connectivity index (χ4v) is 10.2. The van der Waals surface area contributed by atoms with E-state index in [1.54, 1.807) is 0 Å². The predicted octanol–water partition coefficient (Wildman–Crippen LogP) is 3.77. The summed E-state index contributed by atoms with van der Waals surface area (Å²) in [6.45, 7) is 38.4. The number of likely N-dealkylation sites (N-methyl/N-ethyl adjacent to an activating group) is 3. The Balaban J connectivity index is 0.000000254. The van der Waals surface area contributed by atoms with Crippen molar-refractivity contribution in [1.29, 1.82) is 0 Å². The van der Waals surface area contributed by atoms with Crippen molar-refractivity contribution in [2.45, 2.75) is 150 Å². The topological polar surface area (TPSA) is 140 Å². The molecule has 8 aliphatic rings. The van der Waals surface area contributed by atoms with Crippen molar-refractivity contribution in [3.8, 4) is 0 Å². The van der Waals surface area contributed by atoms with Gasteiger partial charge in [-0.05, 0) is 156 Å². The van der Waals surface area contributed by atoms with Crippen molar-refractivity contribution < 1.29 is 14.7 Å². The summed E-state index contributed by atoms with van der Waals surface area (Å²) >= 11 is 0. The van der Waals surface area contributed by atoms with Gasteiger partial charge in [-0.2, -0.15) is 0 Å². The number of rotatable bonds is 6. The minimum atomic E-state index is -0.342. The first-order valence-corrected chi connectivity index (χ1v) is 25.1. The summed E-state index contributed by atoms with van der Waals surface area (Å²) in [5.41, 5.74) is -0.382. The second-order valence-corrected chi connectivity index (χ2v) is 18.5. The van der Waals surface area contributed by atoms with E-state index in [-0.39, 0.29) is 24.0 Å². The van der Waals surface area contributed by atoms with E-state index in [1.807, 2.05) is 11.8 Å². The predicted molar refractivity (Wildman–Crippen MR) is 258 cm³/mol. The Morgan fingerprint density at radius 3 is 1.56 bits per heavy atom. The third-order valence-electron chi connectivity index (χ3n) is 15.0. The number of hydrogen-bond donors (Lipinski definition) is 7. The van der Waals surface area contributed by atoms with Gasteiger partial charge in [0.2, 0.25) is 5.91 Å². The molecular weight excluding hydrogens is 765 g/mol. The number of piperazine rings is 2. The SMILES string of the molecule is C.CCC1(O)CCNCC1.CCC1CCNCC1.CCN1CCC(=O)C12CCNCC2.CCN1CCC2(CCNCC2)C1=O.CCN1CCNCC1.CCN1CCNCC1C. The molecule has 8 aliphatic heterocycles. The van der Waals surface area contributed by atoms with E-state index in [9.17, 15) is 14.7 Å². The highest BCUT2D eigenvalue weighted by Gasteiger charge is 2.48. The molecule has 0 aromatic rings. The summed E-state index contributed by atoms with van der Waals surface area (Å²) < 4.78 is 0. The standard InChI is InChI=1S/2C10H18N2O.C7H16N2.C7H15NO.C7H15N.C6H14N2.CH4/c1-2-12-8-3-9(13)10(12)4-6-11-7-5-10;1-2-12-8-5-10(9(12)13)3-6-11-7-4-10;1-3-9-5-4-8-6-7(9)2;1-2-7(9)3-5-8-6-4-7;1-2-7-3-5-8-6-4-7;1-2-8-5-3-7-4-6-8;/h2*11H,2-8H2,1H3;7-8H,3-6H2,1-2H3;8-9H,2-6H2,1H3;7-8H,2-6H2,1H3;7H,2-6H2,1H3;1H4. The molecule has 1 unspecified atom stereocenters. The summed E-state index contributed by atoms with van der Waals surface area (Å²) in [7, 11) is 0. The molecule has 1 amide bonds. The molecule has 13 heteroatoms. The summed E-state index contributed by atoms with van der Waals surface area (Å²) in [6.07, 6.45) is 12.9. The molecule has 360 valence electrons. The summed E-state index contributed by atoms with van der Waals surface area (Å²) in [5, 5.41) is 29.5. The van der Waals surface area contributed by atoms with Gasteiger partial charge in [-0.1, -0.05) is 48.5 Å². The van der Waals surface area contributed by atoms with Gasteiger partial charge >= 0.3 is 0 Å². The molecule has 0 aromatic heterocycles. The first kappa shape index (κ1) is 55.9. The molecule has 0 aliphatic carbocycles. The van der Waals surface area contributed by atoms with Crippen LogP contribution in [0.2, 0.25) is 0 Å². The number of ketones is 1. The molecule has 0 bridgehead atoms. The van der Waals surface area contributed by atoms with Gasteiger partial charge in [0.15, 0.2) is 5.78 Å². The van der Waals surface area contributed by atoms with Crippen molar-refractivity contribution in [3.05, 3.63) is 0 Å². The van der Waals surface area contributed by atoms with Crippen LogP contribution in [0, 0.1) is 11.3 Å². The maximum atomic E-state index is 12.0. The van der Waals surface area contributed by atoms with Gasteiger partial charge in [-0.3, -0.25) is 19.4 Å². The van der Waals surface area contributed by atoms with Crippen LogP contribution in [0.3, 0.4) is 0 Å². The van der Waals surface area contributed by atoms with Crippen LogP contribution < -0.4 is 31.9 Å². The fraction of sp³-hybridized carbons (Fsp3) is 0.958. The number of nitrogens with zero attached hydrogens (tertiary/aromatic N) is 4. The lowest BCUT2D eigenvalue weighted by atomic mass is 9.78. The smallest absolute Gasteiger partial charge is 0.228 e. The van der Waals surface area contributed by atoms with E-state index in [2.05, 4.69) is 88.1 Å². The number of piperidine rings is 4. The summed E-state index contributed by atoms with van der Waals surface area (Å²) in [5.74, 6) is 1.92. The van der Waals surface area contributed by atoms with Gasteiger partial charge in [0.1, 0.15) is 0 Å². The number of Topliss-reactive ketones (excluding diaryl/α,β-unsaturated/α-hetero) is 1. The second kappa shape index (κ2) is 30.8. The summed E-state index contributed by atoms with van der Waals surface area (Å²) in [4.78, 5) is 33.2. The zero-order valence-electron chi connectivity index (χ0n) is 40.0. The molecular formula is C48H100N10O3. The lowest BCUT2D eigenvalue weighted by Crippen LogP contribution is -2.54. The Bertz CT molecular complexity index is 1110. The van der Waals surface area contributed by atoms with Crippen LogP contribution in [0.25, 0.3) is 0 Å². The average molecular weight is 865 g/mol. The molecule has 13 nitrogen and oxygen atoms in total. The van der Waals surface area contributed by atoms with Crippen molar-refractivity contribution in [2.75, 3.05) is 137 Å². The van der Waals surface area contributed by atoms with Crippen LogP contribution in [0.15, 0.2) is 0 Å². The quantitative estimate of drug-likeness (QED) is 0.210. The Morgan fingerprint density at radius 1 is 0.590 bits per heavy atom. The van der Waals surface area contributed by atoms with Gasteiger partial charge in [0, 0.05) is 77.9 Å². The molecule has 61 heavy (non-hydrogen) atoms. The van der Waals surface area contributed by atoms with Crippen LogP contribution in [0.1, 0.15) is 133 Å². The van der Waals surface area contributed by atoms with E-state index >= 15 is 0 Å². The molecule has 8 heterocycles. The van der Waals surface area contributed by atoms with Crippen molar-refractivity contribution in [3.63, 3.8) is 0 Å². The fourth-order valence-electron chi connectivity index (χ4n) is 10.2. The molecule has 0 radical (unpaired) electrons. The number of carbonyl (C=O) groups is 2. The third-order valence-corrected chi connectivity index (χ3v) is 15.0. The number of amides is 1. The Morgan fingerprint density at radius 2 is 1.13 bits per heavy atom. The average Bonchev–Trinajstić information content (AvgIpc) is 3.78. The number of nitrogens with one attached hydrogen (secondary N) is 6. The highest BCUT2D eigenvalue weighted by molar-refractivity contribution is 5.90. The molecule has 8 rings (SSSR count). The van der Waals surface area contributed by atoms with Gasteiger partial charge in [0.05, 0.1) is 16.6 Å². The molecule has 8 saturated heterocycles. The Hall–Kier alpha value is -1.26. The normalized spacial score (nSPS) is 26.4. The highest BCUT2D eigenvalue weighted by Crippen LogP contribution is 2.39. The lowest BCUT2D eigenvalue weighted by molar-refractivity contribution is -0.137. The minimum Gasteiger partial charge on any atom is -0.390 e. The Labute approximate surface area is 375 Å². The lowest BCUT2D eigenvalue weighted by Gasteiger charge is -2.39. The molecule has 1 atom stereocenters. The number of likely N-dealkylation sites (tertiary alicyclic amines) is 2. The molecule has 0 aromatic carbocycles. The zero-order valence-corrected chi connectivity index (χ0v) is 40.0. The van der Waals surface area contributed by atoms with Crippen molar-refractivity contribution in [2.24, 2.45) is 11.3 Å². The van der Waals surface area contributed by atoms with E-state index in [0.29, 0.717) is 11.7 Å². The van der Waals surface area contributed by atoms with Gasteiger partial charge in [-0.15, -0.1) is 0 Å². The van der Waals surface area contributed by atoms with Gasteiger partial charge in [-0.25, -0.2) is 0 Å². The number of hydrogen-bond acceptors (Lipinski definition) is 12. The molecule has 0 saturated carbocycles.